The van der Waals surface area contributed by atoms with Crippen molar-refractivity contribution in [2.24, 2.45) is 0 Å². The standard InChI is InChI=1S/C16H17N3O4/c1-10-7-14(11(2)18(10)12-3-4-12)15(20)9-17-8-13(19(22)23)5-6-16(17)21/h5-8,12H,3-4,9H2,1-2H3. The van der Waals surface area contributed by atoms with Crippen LogP contribution in [-0.2, 0) is 6.54 Å². The number of hydrogen-bond acceptors (Lipinski definition) is 4. The van der Waals surface area contributed by atoms with E-state index in [9.17, 15) is 19.7 Å². The first-order valence-electron chi connectivity index (χ1n) is 7.45. The maximum atomic E-state index is 12.5. The molecule has 0 radical (unpaired) electrons. The molecule has 0 bridgehead atoms. The molecule has 0 saturated heterocycles. The Balaban J connectivity index is 1.91. The van der Waals surface area contributed by atoms with E-state index in [1.807, 2.05) is 19.9 Å². The Morgan fingerprint density at radius 2 is 2.04 bits per heavy atom. The van der Waals surface area contributed by atoms with Crippen LogP contribution in [0.1, 0.15) is 40.6 Å². The molecule has 1 aliphatic rings. The quantitative estimate of drug-likeness (QED) is 0.481. The Kier molecular flexibility index (Phi) is 3.63. The average Bonchev–Trinajstić information content (AvgIpc) is 3.27. The number of carbonyl (C=O) groups excluding carboxylic acids is 1. The lowest BCUT2D eigenvalue weighted by Gasteiger charge is -2.08. The van der Waals surface area contributed by atoms with Gasteiger partial charge in [-0.3, -0.25) is 19.7 Å². The largest absolute Gasteiger partial charge is 0.345 e. The summed E-state index contributed by atoms with van der Waals surface area (Å²) in [6.07, 6.45) is 3.35. The van der Waals surface area contributed by atoms with Crippen LogP contribution in [0.4, 0.5) is 5.69 Å². The Bertz CT molecular complexity index is 859. The van der Waals surface area contributed by atoms with Crippen LogP contribution in [0.3, 0.4) is 0 Å². The maximum Gasteiger partial charge on any atom is 0.285 e. The van der Waals surface area contributed by atoms with Crippen molar-refractivity contribution in [2.45, 2.75) is 39.3 Å². The van der Waals surface area contributed by atoms with Gasteiger partial charge in [-0.2, -0.15) is 0 Å². The number of aromatic nitrogens is 2. The second kappa shape index (κ2) is 5.49. The van der Waals surface area contributed by atoms with Gasteiger partial charge >= 0.3 is 0 Å². The summed E-state index contributed by atoms with van der Waals surface area (Å²) in [4.78, 5) is 34.6. The third-order valence-corrected chi connectivity index (χ3v) is 4.19. The van der Waals surface area contributed by atoms with Crippen molar-refractivity contribution >= 4 is 11.5 Å². The second-order valence-corrected chi connectivity index (χ2v) is 5.92. The van der Waals surface area contributed by atoms with Crippen molar-refractivity contribution in [3.63, 3.8) is 0 Å². The minimum Gasteiger partial charge on any atom is -0.345 e. The lowest BCUT2D eigenvalue weighted by atomic mass is 10.1. The molecule has 7 heteroatoms. The summed E-state index contributed by atoms with van der Waals surface area (Å²) >= 11 is 0. The van der Waals surface area contributed by atoms with Gasteiger partial charge in [-0.05, 0) is 32.8 Å². The average molecular weight is 315 g/mol. The van der Waals surface area contributed by atoms with Crippen LogP contribution in [0.5, 0.6) is 0 Å². The van der Waals surface area contributed by atoms with Crippen LogP contribution in [0.25, 0.3) is 0 Å². The van der Waals surface area contributed by atoms with E-state index in [1.165, 1.54) is 0 Å². The number of aryl methyl sites for hydroxylation is 1. The van der Waals surface area contributed by atoms with Crippen molar-refractivity contribution in [1.29, 1.82) is 0 Å². The Morgan fingerprint density at radius 3 is 2.65 bits per heavy atom. The highest BCUT2D eigenvalue weighted by Gasteiger charge is 2.28. The third kappa shape index (κ3) is 2.81. The van der Waals surface area contributed by atoms with Crippen molar-refractivity contribution < 1.29 is 9.72 Å². The molecule has 1 aliphatic carbocycles. The van der Waals surface area contributed by atoms with Crippen LogP contribution in [0.2, 0.25) is 0 Å². The molecular weight excluding hydrogens is 298 g/mol. The first-order valence-corrected chi connectivity index (χ1v) is 7.45. The third-order valence-electron chi connectivity index (χ3n) is 4.19. The van der Waals surface area contributed by atoms with Gasteiger partial charge in [-0.1, -0.05) is 0 Å². The Hall–Kier alpha value is -2.70. The predicted molar refractivity (Wildman–Crippen MR) is 83.9 cm³/mol. The number of hydrogen-bond donors (Lipinski definition) is 0. The smallest absolute Gasteiger partial charge is 0.285 e. The fourth-order valence-corrected chi connectivity index (χ4v) is 2.94. The van der Waals surface area contributed by atoms with E-state index in [-0.39, 0.29) is 18.0 Å². The van der Waals surface area contributed by atoms with Crippen molar-refractivity contribution in [2.75, 3.05) is 0 Å². The summed E-state index contributed by atoms with van der Waals surface area (Å²) in [7, 11) is 0. The number of rotatable bonds is 5. The van der Waals surface area contributed by atoms with Crippen LogP contribution in [-0.4, -0.2) is 19.8 Å². The Morgan fingerprint density at radius 1 is 1.35 bits per heavy atom. The van der Waals surface area contributed by atoms with E-state index in [4.69, 9.17) is 0 Å². The summed E-state index contributed by atoms with van der Waals surface area (Å²) in [5.74, 6) is -0.215. The number of Topliss-reactive ketones (excluding diaryl/α,β-unsaturated/α-hetero) is 1. The molecule has 1 saturated carbocycles. The molecule has 120 valence electrons. The van der Waals surface area contributed by atoms with E-state index >= 15 is 0 Å². The van der Waals surface area contributed by atoms with E-state index < -0.39 is 10.5 Å². The summed E-state index contributed by atoms with van der Waals surface area (Å²) in [6.45, 7) is 3.66. The highest BCUT2D eigenvalue weighted by molar-refractivity contribution is 5.97. The summed E-state index contributed by atoms with van der Waals surface area (Å²) in [6, 6.07) is 4.55. The fourth-order valence-electron chi connectivity index (χ4n) is 2.94. The molecule has 0 atom stereocenters. The van der Waals surface area contributed by atoms with Gasteiger partial charge in [0.1, 0.15) is 0 Å². The molecule has 23 heavy (non-hydrogen) atoms. The SMILES string of the molecule is Cc1cc(C(=O)Cn2cc([N+](=O)[O-])ccc2=O)c(C)n1C1CC1. The molecule has 7 nitrogen and oxygen atoms in total. The zero-order valence-electron chi connectivity index (χ0n) is 13.0. The van der Waals surface area contributed by atoms with Crippen LogP contribution < -0.4 is 5.56 Å². The van der Waals surface area contributed by atoms with Gasteiger partial charge in [0.2, 0.25) is 0 Å². The molecule has 0 N–H and O–H groups in total. The normalized spacial score (nSPS) is 14.0. The fraction of sp³-hybridized carbons (Fsp3) is 0.375. The van der Waals surface area contributed by atoms with Crippen LogP contribution in [0, 0.1) is 24.0 Å². The van der Waals surface area contributed by atoms with Gasteiger partial charge in [0.05, 0.1) is 17.7 Å². The summed E-state index contributed by atoms with van der Waals surface area (Å²) in [5, 5.41) is 10.8. The van der Waals surface area contributed by atoms with Crippen LogP contribution >= 0.6 is 0 Å². The number of pyridine rings is 1. The van der Waals surface area contributed by atoms with Gasteiger partial charge in [-0.15, -0.1) is 0 Å². The molecule has 1 fully saturated rings. The number of ketones is 1. The van der Waals surface area contributed by atoms with Crippen molar-refractivity contribution in [1.82, 2.24) is 9.13 Å². The molecule has 0 amide bonds. The topological polar surface area (TPSA) is 87.1 Å². The molecule has 0 aliphatic heterocycles. The molecule has 2 heterocycles. The zero-order chi connectivity index (χ0) is 16.7. The first kappa shape index (κ1) is 15.2. The highest BCUT2D eigenvalue weighted by Crippen LogP contribution is 2.38. The second-order valence-electron chi connectivity index (χ2n) is 5.92. The van der Waals surface area contributed by atoms with Crippen molar-refractivity contribution in [3.05, 3.63) is 61.8 Å². The lowest BCUT2D eigenvalue weighted by Crippen LogP contribution is -2.23. The van der Waals surface area contributed by atoms with Gasteiger partial charge in [0.15, 0.2) is 5.78 Å². The van der Waals surface area contributed by atoms with E-state index in [1.54, 1.807) is 0 Å². The van der Waals surface area contributed by atoms with Crippen LogP contribution in [0.15, 0.2) is 29.2 Å². The van der Waals surface area contributed by atoms with E-state index in [2.05, 4.69) is 4.57 Å². The van der Waals surface area contributed by atoms with Gasteiger partial charge in [0, 0.05) is 35.1 Å². The molecule has 2 aromatic heterocycles. The van der Waals surface area contributed by atoms with Crippen molar-refractivity contribution in [3.8, 4) is 0 Å². The predicted octanol–water partition coefficient (Wildman–Crippen LogP) is 2.39. The van der Waals surface area contributed by atoms with E-state index in [0.717, 1.165) is 47.1 Å². The maximum absolute atomic E-state index is 12.5. The minimum atomic E-state index is -0.584. The highest BCUT2D eigenvalue weighted by atomic mass is 16.6. The minimum absolute atomic E-state index is 0.199. The Labute approximate surface area is 132 Å². The van der Waals surface area contributed by atoms with Gasteiger partial charge in [-0.25, -0.2) is 0 Å². The van der Waals surface area contributed by atoms with Gasteiger partial charge < -0.3 is 9.13 Å². The summed E-state index contributed by atoms with van der Waals surface area (Å²) in [5.41, 5.74) is 1.86. The zero-order valence-corrected chi connectivity index (χ0v) is 13.0. The van der Waals surface area contributed by atoms with Gasteiger partial charge in [0.25, 0.3) is 11.2 Å². The molecular formula is C16H17N3O4. The summed E-state index contributed by atoms with van der Waals surface area (Å²) < 4.78 is 3.24. The monoisotopic (exact) mass is 315 g/mol. The molecule has 0 aromatic carbocycles. The molecule has 3 rings (SSSR count). The molecule has 2 aromatic rings. The number of nitro groups is 1. The molecule has 0 spiro atoms. The molecule has 0 unspecified atom stereocenters. The van der Waals surface area contributed by atoms with E-state index in [0.29, 0.717) is 11.6 Å². The lowest BCUT2D eigenvalue weighted by molar-refractivity contribution is -0.385. The number of carbonyl (C=O) groups is 1. The first-order chi connectivity index (χ1) is 10.9. The number of nitrogens with zero attached hydrogens (tertiary/aromatic N) is 3.